The fourth-order valence-electron chi connectivity index (χ4n) is 2.89. The summed E-state index contributed by atoms with van der Waals surface area (Å²) in [5.41, 5.74) is 2.78. The van der Waals surface area contributed by atoms with E-state index < -0.39 is 6.10 Å². The lowest BCUT2D eigenvalue weighted by Crippen LogP contribution is -2.15. The molecule has 0 saturated carbocycles. The molecule has 0 fully saturated rings. The molecule has 24 heavy (non-hydrogen) atoms. The van der Waals surface area contributed by atoms with Gasteiger partial charge >= 0.3 is 5.97 Å². The second-order valence-electron chi connectivity index (χ2n) is 5.65. The number of carbonyl (C=O) groups excluding carboxylic acids is 2. The van der Waals surface area contributed by atoms with Gasteiger partial charge in [0.1, 0.15) is 6.10 Å². The summed E-state index contributed by atoms with van der Waals surface area (Å²) in [6, 6.07) is 16.7. The zero-order valence-corrected chi connectivity index (χ0v) is 12.7. The van der Waals surface area contributed by atoms with Crippen molar-refractivity contribution < 1.29 is 14.3 Å². The van der Waals surface area contributed by atoms with Gasteiger partial charge in [0.2, 0.25) is 5.91 Å². The fourth-order valence-corrected chi connectivity index (χ4v) is 2.89. The van der Waals surface area contributed by atoms with E-state index >= 15 is 0 Å². The monoisotopic (exact) mass is 318 g/mol. The van der Waals surface area contributed by atoms with Crippen molar-refractivity contribution in [2.45, 2.75) is 12.5 Å². The van der Waals surface area contributed by atoms with Gasteiger partial charge in [-0.3, -0.25) is 9.78 Å². The Balaban J connectivity index is 1.50. The van der Waals surface area contributed by atoms with Crippen LogP contribution in [0.15, 0.2) is 60.8 Å². The Morgan fingerprint density at radius 1 is 1.12 bits per heavy atom. The molecular formula is C19H14N2O3. The Kier molecular flexibility index (Phi) is 3.46. The highest BCUT2D eigenvalue weighted by molar-refractivity contribution is 5.97. The van der Waals surface area contributed by atoms with E-state index in [-0.39, 0.29) is 18.3 Å². The minimum atomic E-state index is -0.540. The minimum absolute atomic E-state index is 0.0789. The molecule has 118 valence electrons. The second-order valence-corrected chi connectivity index (χ2v) is 5.65. The minimum Gasteiger partial charge on any atom is -0.453 e. The van der Waals surface area contributed by atoms with Gasteiger partial charge in [-0.05, 0) is 18.2 Å². The van der Waals surface area contributed by atoms with Crippen molar-refractivity contribution in [3.8, 4) is 0 Å². The number of cyclic esters (lactones) is 1. The lowest BCUT2D eigenvalue weighted by molar-refractivity contribution is -0.118. The first-order chi connectivity index (χ1) is 11.7. The van der Waals surface area contributed by atoms with Crippen LogP contribution in [0.1, 0.15) is 28.4 Å². The molecule has 0 aliphatic carbocycles. The molecule has 1 amide bonds. The van der Waals surface area contributed by atoms with E-state index in [2.05, 4.69) is 10.3 Å². The molecule has 1 N–H and O–H groups in total. The molecule has 3 aromatic rings. The average Bonchev–Trinajstić information content (AvgIpc) is 2.91. The van der Waals surface area contributed by atoms with Crippen molar-refractivity contribution in [1.29, 1.82) is 0 Å². The second kappa shape index (κ2) is 5.77. The van der Waals surface area contributed by atoms with Crippen LogP contribution in [0, 0.1) is 0 Å². The smallest absolute Gasteiger partial charge is 0.339 e. The maximum absolute atomic E-state index is 12.3. The lowest BCUT2D eigenvalue weighted by atomic mass is 10.0. The summed E-state index contributed by atoms with van der Waals surface area (Å²) in [6.45, 7) is 0. The molecule has 0 spiro atoms. The van der Waals surface area contributed by atoms with E-state index in [0.29, 0.717) is 11.3 Å². The van der Waals surface area contributed by atoms with E-state index in [1.54, 1.807) is 18.3 Å². The van der Waals surface area contributed by atoms with E-state index in [9.17, 15) is 9.59 Å². The third-order valence-corrected chi connectivity index (χ3v) is 4.02. The number of anilines is 1. The third-order valence-electron chi connectivity index (χ3n) is 4.02. The van der Waals surface area contributed by atoms with Gasteiger partial charge in [-0.25, -0.2) is 4.79 Å². The van der Waals surface area contributed by atoms with Gasteiger partial charge in [0.15, 0.2) is 0 Å². The number of carbonyl (C=O) groups is 2. The van der Waals surface area contributed by atoms with E-state index in [1.807, 2.05) is 42.5 Å². The number of esters is 1. The number of benzene rings is 2. The predicted molar refractivity (Wildman–Crippen MR) is 89.6 cm³/mol. The summed E-state index contributed by atoms with van der Waals surface area (Å²) in [7, 11) is 0. The molecule has 5 nitrogen and oxygen atoms in total. The molecule has 0 saturated heterocycles. The van der Waals surface area contributed by atoms with Gasteiger partial charge in [0, 0.05) is 10.9 Å². The van der Waals surface area contributed by atoms with Gasteiger partial charge in [0.25, 0.3) is 0 Å². The SMILES string of the molecule is O=C(C[C@H]1OC(=O)c2ccccc21)Nc1cnc2ccccc2c1. The van der Waals surface area contributed by atoms with Crippen LogP contribution in [0.25, 0.3) is 10.9 Å². The first kappa shape index (κ1) is 14.4. The van der Waals surface area contributed by atoms with Gasteiger partial charge in [-0.15, -0.1) is 0 Å². The predicted octanol–water partition coefficient (Wildman–Crippen LogP) is 3.48. The number of nitrogens with one attached hydrogen (secondary N) is 1. The van der Waals surface area contributed by atoms with Crippen LogP contribution in [0.5, 0.6) is 0 Å². The van der Waals surface area contributed by atoms with E-state index in [4.69, 9.17) is 4.74 Å². The molecule has 1 aromatic heterocycles. The van der Waals surface area contributed by atoms with E-state index in [0.717, 1.165) is 16.5 Å². The number of rotatable bonds is 3. The standard InChI is InChI=1S/C19H14N2O3/c22-18(10-17-14-6-2-3-7-15(14)19(23)24-17)21-13-9-12-5-1-4-8-16(12)20-11-13/h1-9,11,17H,10H2,(H,21,22)/t17-/m1/s1. The first-order valence-corrected chi connectivity index (χ1v) is 7.65. The number of para-hydroxylation sites is 1. The van der Waals surface area contributed by atoms with Crippen molar-refractivity contribution in [3.63, 3.8) is 0 Å². The van der Waals surface area contributed by atoms with Crippen LogP contribution in [0.2, 0.25) is 0 Å². The zero-order valence-electron chi connectivity index (χ0n) is 12.7. The Hall–Kier alpha value is -3.21. The summed E-state index contributed by atoms with van der Waals surface area (Å²) < 4.78 is 5.29. The number of hydrogen-bond acceptors (Lipinski definition) is 4. The van der Waals surface area contributed by atoms with Gasteiger partial charge in [-0.1, -0.05) is 36.4 Å². The Morgan fingerprint density at radius 3 is 2.83 bits per heavy atom. The number of amides is 1. The van der Waals surface area contributed by atoms with Crippen LogP contribution in [-0.2, 0) is 9.53 Å². The molecule has 4 rings (SSSR count). The van der Waals surface area contributed by atoms with Crippen LogP contribution in [0.4, 0.5) is 5.69 Å². The molecule has 1 atom stereocenters. The highest BCUT2D eigenvalue weighted by atomic mass is 16.5. The Labute approximate surface area is 138 Å². The molecular weight excluding hydrogens is 304 g/mol. The summed E-state index contributed by atoms with van der Waals surface area (Å²) >= 11 is 0. The van der Waals surface area contributed by atoms with Crippen molar-refractivity contribution in [3.05, 3.63) is 71.9 Å². The molecule has 5 heteroatoms. The molecule has 2 aromatic carbocycles. The van der Waals surface area contributed by atoms with Crippen LogP contribution in [-0.4, -0.2) is 16.9 Å². The third kappa shape index (κ3) is 2.60. The lowest BCUT2D eigenvalue weighted by Gasteiger charge is -2.11. The molecule has 1 aliphatic rings. The first-order valence-electron chi connectivity index (χ1n) is 7.65. The van der Waals surface area contributed by atoms with E-state index in [1.165, 1.54) is 0 Å². The largest absolute Gasteiger partial charge is 0.453 e. The zero-order chi connectivity index (χ0) is 16.5. The van der Waals surface area contributed by atoms with Gasteiger partial charge in [-0.2, -0.15) is 0 Å². The summed E-state index contributed by atoms with van der Waals surface area (Å²) in [6.07, 6.45) is 1.16. The van der Waals surface area contributed by atoms with Crippen LogP contribution < -0.4 is 5.32 Å². The van der Waals surface area contributed by atoms with Gasteiger partial charge in [0.05, 0.1) is 29.4 Å². The summed E-state index contributed by atoms with van der Waals surface area (Å²) in [5, 5.41) is 3.77. The Morgan fingerprint density at radius 2 is 1.92 bits per heavy atom. The maximum Gasteiger partial charge on any atom is 0.339 e. The number of nitrogens with zero attached hydrogens (tertiary/aromatic N) is 1. The molecule has 0 bridgehead atoms. The average molecular weight is 318 g/mol. The normalized spacial score (nSPS) is 15.8. The highest BCUT2D eigenvalue weighted by Crippen LogP contribution is 2.33. The van der Waals surface area contributed by atoms with Crippen molar-refractivity contribution in [2.24, 2.45) is 0 Å². The highest BCUT2D eigenvalue weighted by Gasteiger charge is 2.32. The molecule has 0 unspecified atom stereocenters. The number of fused-ring (bicyclic) bond motifs is 2. The maximum atomic E-state index is 12.3. The van der Waals surface area contributed by atoms with Crippen LogP contribution >= 0.6 is 0 Å². The Bertz CT molecular complexity index is 952. The summed E-state index contributed by atoms with van der Waals surface area (Å²) in [5.74, 6) is -0.600. The molecule has 1 aliphatic heterocycles. The number of ether oxygens (including phenoxy) is 1. The number of pyridine rings is 1. The quantitative estimate of drug-likeness (QED) is 0.751. The van der Waals surface area contributed by atoms with Crippen molar-refractivity contribution >= 4 is 28.5 Å². The topological polar surface area (TPSA) is 68.3 Å². The number of hydrogen-bond donors (Lipinski definition) is 1. The number of aromatic nitrogens is 1. The summed E-state index contributed by atoms with van der Waals surface area (Å²) in [4.78, 5) is 28.4. The van der Waals surface area contributed by atoms with Crippen LogP contribution in [0.3, 0.4) is 0 Å². The fraction of sp³-hybridized carbons (Fsp3) is 0.105. The van der Waals surface area contributed by atoms with Gasteiger partial charge < -0.3 is 10.1 Å². The van der Waals surface area contributed by atoms with Crippen molar-refractivity contribution in [1.82, 2.24) is 4.98 Å². The van der Waals surface area contributed by atoms with Crippen molar-refractivity contribution in [2.75, 3.05) is 5.32 Å². The molecule has 0 radical (unpaired) electrons. The molecule has 2 heterocycles.